The van der Waals surface area contributed by atoms with Crippen molar-refractivity contribution in [3.8, 4) is 17.2 Å². The molecular formula is C20H23NO4S. The topological polar surface area (TPSA) is 67.8 Å². The summed E-state index contributed by atoms with van der Waals surface area (Å²) in [6.45, 7) is 3.47. The zero-order chi connectivity index (χ0) is 19.1. The molecule has 0 spiro atoms. The average molecular weight is 373 g/mol. The van der Waals surface area contributed by atoms with Gasteiger partial charge in [0.05, 0.1) is 14.2 Å². The van der Waals surface area contributed by atoms with Crippen LogP contribution in [0.15, 0.2) is 47.9 Å². The molecule has 0 saturated carbocycles. The van der Waals surface area contributed by atoms with Gasteiger partial charge in [0, 0.05) is 16.1 Å². The second-order valence-corrected chi connectivity index (χ2v) is 6.37. The van der Waals surface area contributed by atoms with Crippen LogP contribution in [0, 0.1) is 0 Å². The number of anilines is 1. The van der Waals surface area contributed by atoms with E-state index in [1.165, 1.54) is 17.8 Å². The van der Waals surface area contributed by atoms with Crippen molar-refractivity contribution in [3.63, 3.8) is 0 Å². The molecule has 0 aliphatic carbocycles. The summed E-state index contributed by atoms with van der Waals surface area (Å²) in [7, 11) is 3.19. The van der Waals surface area contributed by atoms with Gasteiger partial charge >= 0.3 is 0 Å². The van der Waals surface area contributed by atoms with Gasteiger partial charge in [-0.2, -0.15) is 0 Å². The molecule has 26 heavy (non-hydrogen) atoms. The third kappa shape index (κ3) is 4.52. The van der Waals surface area contributed by atoms with Crippen LogP contribution >= 0.6 is 11.8 Å². The molecule has 0 fully saturated rings. The second-order valence-electron chi connectivity index (χ2n) is 5.53. The van der Waals surface area contributed by atoms with Gasteiger partial charge in [-0.1, -0.05) is 12.6 Å². The third-order valence-corrected chi connectivity index (χ3v) is 4.79. The number of rotatable bonds is 8. The van der Waals surface area contributed by atoms with Gasteiger partial charge in [0.15, 0.2) is 11.5 Å². The van der Waals surface area contributed by atoms with Crippen molar-refractivity contribution < 1.29 is 19.4 Å². The Balaban J connectivity index is 2.29. The Morgan fingerprint density at radius 1 is 1.19 bits per heavy atom. The van der Waals surface area contributed by atoms with Gasteiger partial charge in [-0.15, -0.1) is 11.8 Å². The summed E-state index contributed by atoms with van der Waals surface area (Å²) in [5.74, 6) is 1.21. The molecule has 2 aromatic rings. The maximum Gasteiger partial charge on any atom is 0.247 e. The number of phenolic OH excluding ortho intramolecular Hbond substituents is 1. The number of aromatic hydroxyl groups is 1. The molecule has 5 nitrogen and oxygen atoms in total. The van der Waals surface area contributed by atoms with Crippen molar-refractivity contribution in [1.29, 1.82) is 0 Å². The SMILES string of the molecule is C=CC(=O)Nc1ccc(SC)c(O)c1CCc1ccc(OC)c(OC)c1. The molecule has 2 aromatic carbocycles. The second kappa shape index (κ2) is 9.20. The minimum Gasteiger partial charge on any atom is -0.506 e. The minimum absolute atomic E-state index is 0.194. The smallest absolute Gasteiger partial charge is 0.247 e. The summed E-state index contributed by atoms with van der Waals surface area (Å²) in [5.41, 5.74) is 2.32. The number of ether oxygens (including phenoxy) is 2. The van der Waals surface area contributed by atoms with Gasteiger partial charge in [-0.25, -0.2) is 0 Å². The zero-order valence-electron chi connectivity index (χ0n) is 15.2. The van der Waals surface area contributed by atoms with Crippen LogP contribution < -0.4 is 14.8 Å². The summed E-state index contributed by atoms with van der Waals surface area (Å²) in [6, 6.07) is 9.32. The third-order valence-electron chi connectivity index (χ3n) is 4.02. The van der Waals surface area contributed by atoms with Crippen LogP contribution in [0.2, 0.25) is 0 Å². The first-order valence-corrected chi connectivity index (χ1v) is 9.29. The summed E-state index contributed by atoms with van der Waals surface area (Å²) in [4.78, 5) is 12.4. The van der Waals surface area contributed by atoms with Crippen LogP contribution in [0.4, 0.5) is 5.69 Å². The van der Waals surface area contributed by atoms with E-state index in [1.54, 1.807) is 26.4 Å². The first-order chi connectivity index (χ1) is 12.5. The lowest BCUT2D eigenvalue weighted by molar-refractivity contribution is -0.111. The first-order valence-electron chi connectivity index (χ1n) is 8.07. The van der Waals surface area contributed by atoms with E-state index in [0.29, 0.717) is 35.6 Å². The Bertz CT molecular complexity index is 805. The van der Waals surface area contributed by atoms with Crippen molar-refractivity contribution in [2.24, 2.45) is 0 Å². The van der Waals surface area contributed by atoms with E-state index in [9.17, 15) is 9.90 Å². The number of benzene rings is 2. The highest BCUT2D eigenvalue weighted by Crippen LogP contribution is 2.36. The van der Waals surface area contributed by atoms with Crippen molar-refractivity contribution in [3.05, 3.63) is 54.1 Å². The molecule has 0 aliphatic heterocycles. The fourth-order valence-corrected chi connectivity index (χ4v) is 3.16. The van der Waals surface area contributed by atoms with Gasteiger partial charge in [0.25, 0.3) is 0 Å². The maximum absolute atomic E-state index is 11.7. The molecule has 0 bridgehead atoms. The average Bonchev–Trinajstić information content (AvgIpc) is 2.67. The molecule has 1 amide bonds. The van der Waals surface area contributed by atoms with Gasteiger partial charge in [0.1, 0.15) is 5.75 Å². The Labute approximate surface area is 158 Å². The van der Waals surface area contributed by atoms with Gasteiger partial charge in [-0.3, -0.25) is 4.79 Å². The minimum atomic E-state index is -0.311. The summed E-state index contributed by atoms with van der Waals surface area (Å²) >= 11 is 1.46. The Morgan fingerprint density at radius 3 is 2.54 bits per heavy atom. The monoisotopic (exact) mass is 373 g/mol. The number of amides is 1. The van der Waals surface area contributed by atoms with Gasteiger partial charge in [0.2, 0.25) is 5.91 Å². The van der Waals surface area contributed by atoms with Crippen molar-refractivity contribution in [1.82, 2.24) is 0 Å². The first kappa shape index (κ1) is 19.7. The number of phenols is 1. The quantitative estimate of drug-likeness (QED) is 0.540. The normalized spacial score (nSPS) is 10.3. The van der Waals surface area contributed by atoms with Gasteiger partial charge in [-0.05, 0) is 55.0 Å². The molecule has 0 heterocycles. The van der Waals surface area contributed by atoms with E-state index < -0.39 is 0 Å². The van der Waals surface area contributed by atoms with Crippen LogP contribution in [0.1, 0.15) is 11.1 Å². The molecule has 0 radical (unpaired) electrons. The molecule has 0 saturated heterocycles. The van der Waals surface area contributed by atoms with E-state index in [1.807, 2.05) is 24.5 Å². The van der Waals surface area contributed by atoms with E-state index in [0.717, 1.165) is 10.5 Å². The predicted molar refractivity (Wildman–Crippen MR) is 106 cm³/mol. The summed E-state index contributed by atoms with van der Waals surface area (Å²) in [6.07, 6.45) is 4.33. The molecule has 0 unspecified atom stereocenters. The Hall–Kier alpha value is -2.60. The van der Waals surface area contributed by atoms with Crippen molar-refractivity contribution in [2.75, 3.05) is 25.8 Å². The number of methoxy groups -OCH3 is 2. The predicted octanol–water partition coefficient (Wildman–Crippen LogP) is 4.04. The lowest BCUT2D eigenvalue weighted by atomic mass is 10.0. The standard InChI is InChI=1S/C20H23NO4S/c1-5-19(22)21-15-9-11-18(26-4)20(23)14(15)8-6-13-7-10-16(24-2)17(12-13)25-3/h5,7,9-12,23H,1,6,8H2,2-4H3,(H,21,22). The largest absolute Gasteiger partial charge is 0.506 e. The van der Waals surface area contributed by atoms with Crippen LogP contribution in [-0.2, 0) is 17.6 Å². The molecule has 2 rings (SSSR count). The number of carbonyl (C=O) groups is 1. The van der Waals surface area contributed by atoms with E-state index in [-0.39, 0.29) is 11.7 Å². The number of hydrogen-bond donors (Lipinski definition) is 2. The fraction of sp³-hybridized carbons (Fsp3) is 0.250. The zero-order valence-corrected chi connectivity index (χ0v) is 16.0. The lowest BCUT2D eigenvalue weighted by Gasteiger charge is -2.15. The summed E-state index contributed by atoms with van der Waals surface area (Å²) in [5, 5.41) is 13.3. The van der Waals surface area contributed by atoms with Crippen LogP contribution in [-0.4, -0.2) is 31.5 Å². The molecular weight excluding hydrogens is 350 g/mol. The highest BCUT2D eigenvalue weighted by atomic mass is 32.2. The number of aryl methyl sites for hydroxylation is 1. The Morgan fingerprint density at radius 2 is 1.92 bits per heavy atom. The van der Waals surface area contributed by atoms with Crippen molar-refractivity contribution >= 4 is 23.4 Å². The van der Waals surface area contributed by atoms with E-state index in [4.69, 9.17) is 9.47 Å². The summed E-state index contributed by atoms with van der Waals surface area (Å²) < 4.78 is 10.6. The molecule has 6 heteroatoms. The van der Waals surface area contributed by atoms with Crippen LogP contribution in [0.5, 0.6) is 17.2 Å². The lowest BCUT2D eigenvalue weighted by Crippen LogP contribution is -2.10. The number of hydrogen-bond acceptors (Lipinski definition) is 5. The van der Waals surface area contributed by atoms with Gasteiger partial charge < -0.3 is 19.9 Å². The number of nitrogens with one attached hydrogen (secondary N) is 1. The van der Waals surface area contributed by atoms with E-state index in [2.05, 4.69) is 11.9 Å². The number of carbonyl (C=O) groups excluding carboxylic acids is 1. The highest BCUT2D eigenvalue weighted by Gasteiger charge is 2.14. The molecule has 138 valence electrons. The molecule has 0 atom stereocenters. The van der Waals surface area contributed by atoms with Crippen LogP contribution in [0.25, 0.3) is 0 Å². The van der Waals surface area contributed by atoms with Crippen molar-refractivity contribution in [2.45, 2.75) is 17.7 Å². The van der Waals surface area contributed by atoms with E-state index >= 15 is 0 Å². The molecule has 2 N–H and O–H groups in total. The number of thioether (sulfide) groups is 1. The Kier molecular flexibility index (Phi) is 6.97. The maximum atomic E-state index is 11.7. The molecule has 0 aliphatic rings. The molecule has 0 aromatic heterocycles. The fourth-order valence-electron chi connectivity index (χ4n) is 2.64. The van der Waals surface area contributed by atoms with Crippen LogP contribution in [0.3, 0.4) is 0 Å². The highest BCUT2D eigenvalue weighted by molar-refractivity contribution is 7.98.